The molecule has 0 bridgehead atoms. The lowest BCUT2D eigenvalue weighted by molar-refractivity contribution is -0.140. The molecule has 116 valence electrons. The first-order valence-corrected chi connectivity index (χ1v) is 8.40. The molecule has 1 N–H and O–H groups in total. The Morgan fingerprint density at radius 3 is 2.20 bits per heavy atom. The largest absolute Gasteiger partial charge is 0.339 e. The molecule has 0 radical (unpaired) electrons. The number of carbonyl (C=O) groups excluding carboxylic acids is 2. The van der Waals surface area contributed by atoms with Crippen LogP contribution in [-0.4, -0.2) is 80.8 Å². The van der Waals surface area contributed by atoms with Crippen molar-refractivity contribution in [3.05, 3.63) is 0 Å². The highest BCUT2D eigenvalue weighted by atomic mass is 32.2. The second-order valence-electron chi connectivity index (χ2n) is 5.57. The summed E-state index contributed by atoms with van der Waals surface area (Å²) >= 11 is 0. The average molecular weight is 305 g/mol. The topological polar surface area (TPSA) is 86.8 Å². The number of amides is 2. The van der Waals surface area contributed by atoms with Crippen LogP contribution in [0.25, 0.3) is 0 Å². The predicted octanol–water partition coefficient (Wildman–Crippen LogP) is -1.30. The summed E-state index contributed by atoms with van der Waals surface area (Å²) in [7, 11) is -2.08. The molecule has 0 saturated carbocycles. The first kappa shape index (κ1) is 16.9. The SMILES string of the molecule is CN(CC(=O)N1CCNCC1)C(=O)C(C)(C)S(C)(=O)=O. The van der Waals surface area contributed by atoms with E-state index < -0.39 is 20.5 Å². The van der Waals surface area contributed by atoms with E-state index >= 15 is 0 Å². The van der Waals surface area contributed by atoms with Gasteiger partial charge in [-0.1, -0.05) is 0 Å². The Kier molecular flexibility index (Phi) is 5.15. The molecular weight excluding hydrogens is 282 g/mol. The lowest BCUT2D eigenvalue weighted by Gasteiger charge is -2.31. The van der Waals surface area contributed by atoms with Gasteiger partial charge in [0, 0.05) is 39.5 Å². The van der Waals surface area contributed by atoms with E-state index in [0.717, 1.165) is 19.3 Å². The molecule has 1 fully saturated rings. The zero-order valence-electron chi connectivity index (χ0n) is 12.5. The molecule has 0 aromatic heterocycles. The van der Waals surface area contributed by atoms with Crippen LogP contribution in [0.2, 0.25) is 0 Å². The number of hydrogen-bond acceptors (Lipinski definition) is 5. The molecule has 0 spiro atoms. The smallest absolute Gasteiger partial charge is 0.243 e. The summed E-state index contributed by atoms with van der Waals surface area (Å²) in [5.74, 6) is -0.727. The van der Waals surface area contributed by atoms with Crippen molar-refractivity contribution in [2.24, 2.45) is 0 Å². The van der Waals surface area contributed by atoms with Crippen LogP contribution in [0.1, 0.15) is 13.8 Å². The summed E-state index contributed by atoms with van der Waals surface area (Å²) in [5, 5.41) is 3.14. The molecule has 20 heavy (non-hydrogen) atoms. The molecule has 2 amide bonds. The van der Waals surface area contributed by atoms with Crippen molar-refractivity contribution in [2.75, 3.05) is 46.0 Å². The van der Waals surface area contributed by atoms with Gasteiger partial charge in [0.05, 0.1) is 6.54 Å². The van der Waals surface area contributed by atoms with Crippen LogP contribution in [0, 0.1) is 0 Å². The lowest BCUT2D eigenvalue weighted by atomic mass is 10.2. The van der Waals surface area contributed by atoms with Gasteiger partial charge in [0.1, 0.15) is 4.75 Å². The van der Waals surface area contributed by atoms with Crippen molar-refractivity contribution < 1.29 is 18.0 Å². The molecule has 0 atom stereocenters. The summed E-state index contributed by atoms with van der Waals surface area (Å²) in [4.78, 5) is 27.1. The third-order valence-electron chi connectivity index (χ3n) is 3.63. The van der Waals surface area contributed by atoms with Crippen molar-refractivity contribution in [3.8, 4) is 0 Å². The quantitative estimate of drug-likeness (QED) is 0.697. The first-order valence-electron chi connectivity index (χ1n) is 6.51. The molecule has 1 aliphatic heterocycles. The number of nitrogens with one attached hydrogen (secondary N) is 1. The summed E-state index contributed by atoms with van der Waals surface area (Å²) in [5.41, 5.74) is 0. The van der Waals surface area contributed by atoms with Crippen LogP contribution >= 0.6 is 0 Å². The van der Waals surface area contributed by atoms with Crippen LogP contribution in [0.5, 0.6) is 0 Å². The Morgan fingerprint density at radius 2 is 1.75 bits per heavy atom. The molecule has 1 saturated heterocycles. The average Bonchev–Trinajstić information content (AvgIpc) is 2.37. The minimum Gasteiger partial charge on any atom is -0.339 e. The second kappa shape index (κ2) is 6.09. The van der Waals surface area contributed by atoms with Gasteiger partial charge in [-0.2, -0.15) is 0 Å². The van der Waals surface area contributed by atoms with Crippen molar-refractivity contribution in [2.45, 2.75) is 18.6 Å². The van der Waals surface area contributed by atoms with Crippen LogP contribution in [0.3, 0.4) is 0 Å². The summed E-state index contributed by atoms with van der Waals surface area (Å²) in [6.07, 6.45) is 1.02. The van der Waals surface area contributed by atoms with Crippen molar-refractivity contribution in [3.63, 3.8) is 0 Å². The monoisotopic (exact) mass is 305 g/mol. The van der Waals surface area contributed by atoms with Gasteiger partial charge < -0.3 is 15.1 Å². The van der Waals surface area contributed by atoms with Gasteiger partial charge in [0.15, 0.2) is 9.84 Å². The maximum Gasteiger partial charge on any atom is 0.243 e. The van der Waals surface area contributed by atoms with Crippen LogP contribution in [0.4, 0.5) is 0 Å². The highest BCUT2D eigenvalue weighted by Crippen LogP contribution is 2.18. The maximum atomic E-state index is 12.2. The molecule has 8 heteroatoms. The van der Waals surface area contributed by atoms with Gasteiger partial charge >= 0.3 is 0 Å². The molecule has 0 aromatic rings. The fourth-order valence-electron chi connectivity index (χ4n) is 1.91. The molecule has 0 aromatic carbocycles. The van der Waals surface area contributed by atoms with Crippen molar-refractivity contribution >= 4 is 21.7 Å². The van der Waals surface area contributed by atoms with E-state index in [1.165, 1.54) is 25.8 Å². The zero-order chi connectivity index (χ0) is 15.6. The van der Waals surface area contributed by atoms with Gasteiger partial charge in [-0.15, -0.1) is 0 Å². The van der Waals surface area contributed by atoms with E-state index in [1.807, 2.05) is 0 Å². The Balaban J connectivity index is 2.68. The highest BCUT2D eigenvalue weighted by molar-refractivity contribution is 7.92. The van der Waals surface area contributed by atoms with Gasteiger partial charge in [0.25, 0.3) is 0 Å². The minimum atomic E-state index is -3.53. The van der Waals surface area contributed by atoms with E-state index in [-0.39, 0.29) is 12.5 Å². The Morgan fingerprint density at radius 1 is 1.25 bits per heavy atom. The minimum absolute atomic E-state index is 0.0994. The number of hydrogen-bond donors (Lipinski definition) is 1. The number of rotatable bonds is 4. The Hall–Kier alpha value is -1.15. The molecule has 0 unspecified atom stereocenters. The van der Waals surface area contributed by atoms with Gasteiger partial charge in [-0.3, -0.25) is 9.59 Å². The summed E-state index contributed by atoms with van der Waals surface area (Å²) in [6, 6.07) is 0. The highest BCUT2D eigenvalue weighted by Gasteiger charge is 2.40. The zero-order valence-corrected chi connectivity index (χ0v) is 13.3. The van der Waals surface area contributed by atoms with Gasteiger partial charge in [-0.05, 0) is 13.8 Å². The number of carbonyl (C=O) groups is 2. The lowest BCUT2D eigenvalue weighted by Crippen LogP contribution is -2.53. The summed E-state index contributed by atoms with van der Waals surface area (Å²) < 4.78 is 21.7. The summed E-state index contributed by atoms with van der Waals surface area (Å²) in [6.45, 7) is 5.30. The Bertz CT molecular complexity index is 481. The standard InChI is InChI=1S/C12H23N3O4S/c1-12(2,20(4,18)19)11(17)14(3)9-10(16)15-7-5-13-6-8-15/h13H,5-9H2,1-4H3. The molecule has 1 heterocycles. The van der Waals surface area contributed by atoms with Gasteiger partial charge in [-0.25, -0.2) is 8.42 Å². The fraction of sp³-hybridized carbons (Fsp3) is 0.833. The predicted molar refractivity (Wildman–Crippen MR) is 76.0 cm³/mol. The van der Waals surface area contributed by atoms with Crippen LogP contribution < -0.4 is 5.32 Å². The molecule has 1 rings (SSSR count). The normalized spacial score (nSPS) is 16.9. The van der Waals surface area contributed by atoms with Crippen LogP contribution in [-0.2, 0) is 19.4 Å². The Labute approximate surface area is 120 Å². The van der Waals surface area contributed by atoms with E-state index in [2.05, 4.69) is 5.32 Å². The van der Waals surface area contributed by atoms with E-state index in [9.17, 15) is 18.0 Å². The molecule has 1 aliphatic rings. The third-order valence-corrected chi connectivity index (χ3v) is 5.66. The third kappa shape index (κ3) is 3.69. The first-order chi connectivity index (χ1) is 9.07. The van der Waals surface area contributed by atoms with E-state index in [0.29, 0.717) is 13.1 Å². The van der Waals surface area contributed by atoms with Gasteiger partial charge in [0.2, 0.25) is 11.8 Å². The molecular formula is C12H23N3O4S. The van der Waals surface area contributed by atoms with Crippen LogP contribution in [0.15, 0.2) is 0 Å². The number of nitrogens with zero attached hydrogens (tertiary/aromatic N) is 2. The van der Waals surface area contributed by atoms with E-state index in [4.69, 9.17) is 0 Å². The van der Waals surface area contributed by atoms with Crippen molar-refractivity contribution in [1.82, 2.24) is 15.1 Å². The van der Waals surface area contributed by atoms with E-state index in [1.54, 1.807) is 4.90 Å². The number of likely N-dealkylation sites (N-methyl/N-ethyl adjacent to an activating group) is 1. The van der Waals surface area contributed by atoms with Crippen molar-refractivity contribution in [1.29, 1.82) is 0 Å². The number of sulfone groups is 1. The second-order valence-corrected chi connectivity index (χ2v) is 8.14. The fourth-order valence-corrected chi connectivity index (χ4v) is 2.38. The molecule has 7 nitrogen and oxygen atoms in total. The number of piperazine rings is 1. The maximum absolute atomic E-state index is 12.2. The molecule has 0 aliphatic carbocycles.